The first-order valence-corrected chi connectivity index (χ1v) is 9.11. The van der Waals surface area contributed by atoms with Gasteiger partial charge >= 0.3 is 6.18 Å². The number of alkyl halides is 3. The minimum Gasteiger partial charge on any atom is -0.363 e. The molecule has 1 heterocycles. The number of fused-ring (bicyclic) bond motifs is 1. The highest BCUT2D eigenvalue weighted by molar-refractivity contribution is 14.1. The molecule has 3 aromatic rings. The van der Waals surface area contributed by atoms with Crippen molar-refractivity contribution in [3.8, 4) is 0 Å². The predicted molar refractivity (Wildman–Crippen MR) is 105 cm³/mol. The van der Waals surface area contributed by atoms with Crippen LogP contribution in [-0.4, -0.2) is 9.97 Å². The van der Waals surface area contributed by atoms with Crippen molar-refractivity contribution < 1.29 is 13.2 Å². The van der Waals surface area contributed by atoms with Gasteiger partial charge in [0, 0.05) is 15.0 Å². The molecule has 0 aliphatic carbocycles. The molecule has 7 heteroatoms. The van der Waals surface area contributed by atoms with Gasteiger partial charge in [0.25, 0.3) is 0 Å². The molecule has 0 spiro atoms. The third-order valence-corrected chi connectivity index (χ3v) is 4.76. The third kappa shape index (κ3) is 3.92. The average Bonchev–Trinajstić information content (AvgIpc) is 2.55. The summed E-state index contributed by atoms with van der Waals surface area (Å²) in [6, 6.07) is 9.02. The highest BCUT2D eigenvalue weighted by atomic mass is 127. The molecule has 0 unspecified atom stereocenters. The Kier molecular flexibility index (Phi) is 5.09. The summed E-state index contributed by atoms with van der Waals surface area (Å²) in [5.41, 5.74) is 1.77. The van der Waals surface area contributed by atoms with Crippen LogP contribution in [0.15, 0.2) is 36.4 Å². The van der Waals surface area contributed by atoms with Gasteiger partial charge in [-0.05, 0) is 78.8 Å². The summed E-state index contributed by atoms with van der Waals surface area (Å²) in [6.07, 6.45) is -4.36. The van der Waals surface area contributed by atoms with Crippen molar-refractivity contribution in [2.75, 3.05) is 5.32 Å². The number of hydrogen-bond donors (Lipinski definition) is 1. The van der Waals surface area contributed by atoms with Crippen LogP contribution in [0, 0.1) is 17.4 Å². The number of halogens is 4. The average molecular weight is 471 g/mol. The predicted octanol–water partition coefficient (Wildman–Crippen LogP) is 6.04. The zero-order valence-electron chi connectivity index (χ0n) is 14.4. The van der Waals surface area contributed by atoms with E-state index in [4.69, 9.17) is 0 Å². The molecule has 0 aliphatic heterocycles. The highest BCUT2D eigenvalue weighted by Crippen LogP contribution is 2.32. The molecular formula is C19H17F3IN3. The zero-order valence-corrected chi connectivity index (χ0v) is 16.6. The van der Waals surface area contributed by atoms with Crippen LogP contribution in [0.3, 0.4) is 0 Å². The number of rotatable bonds is 3. The number of nitrogens with one attached hydrogen (secondary N) is 1. The van der Waals surface area contributed by atoms with Gasteiger partial charge in [-0.3, -0.25) is 0 Å². The van der Waals surface area contributed by atoms with Crippen molar-refractivity contribution in [1.29, 1.82) is 0 Å². The Hall–Kier alpha value is -1.90. The van der Waals surface area contributed by atoms with Gasteiger partial charge < -0.3 is 5.32 Å². The maximum atomic E-state index is 13.0. The molecule has 1 N–H and O–H groups in total. The molecule has 0 saturated carbocycles. The molecule has 2 aromatic carbocycles. The van der Waals surface area contributed by atoms with Crippen LogP contribution in [0.4, 0.5) is 19.0 Å². The molecule has 0 bridgehead atoms. The maximum Gasteiger partial charge on any atom is 0.416 e. The Balaban J connectivity index is 2.01. The monoisotopic (exact) mass is 471 g/mol. The van der Waals surface area contributed by atoms with Gasteiger partial charge in [0.15, 0.2) is 0 Å². The van der Waals surface area contributed by atoms with Crippen molar-refractivity contribution >= 4 is 39.3 Å². The molecule has 0 aliphatic rings. The first kappa shape index (κ1) is 18.9. The first-order chi connectivity index (χ1) is 12.1. The normalized spacial score (nSPS) is 13.0. The van der Waals surface area contributed by atoms with Gasteiger partial charge in [-0.2, -0.15) is 13.2 Å². The molecule has 0 radical (unpaired) electrons. The molecule has 1 atom stereocenters. The van der Waals surface area contributed by atoms with Crippen LogP contribution in [0.25, 0.3) is 10.9 Å². The topological polar surface area (TPSA) is 37.8 Å². The van der Waals surface area contributed by atoms with Crippen LogP contribution in [0.1, 0.15) is 35.5 Å². The molecule has 26 heavy (non-hydrogen) atoms. The summed E-state index contributed by atoms with van der Waals surface area (Å²) in [6.45, 7) is 5.60. The van der Waals surface area contributed by atoms with E-state index >= 15 is 0 Å². The minimum absolute atomic E-state index is 0.340. The van der Waals surface area contributed by atoms with E-state index in [2.05, 4.69) is 37.9 Å². The Morgan fingerprint density at radius 2 is 1.81 bits per heavy atom. The van der Waals surface area contributed by atoms with E-state index in [1.165, 1.54) is 12.1 Å². The lowest BCUT2D eigenvalue weighted by Gasteiger charge is -2.18. The van der Waals surface area contributed by atoms with Crippen molar-refractivity contribution in [1.82, 2.24) is 9.97 Å². The van der Waals surface area contributed by atoms with Crippen LogP contribution in [0.2, 0.25) is 0 Å². The summed E-state index contributed by atoms with van der Waals surface area (Å²) >= 11 is 2.23. The maximum absolute atomic E-state index is 13.0. The Labute approximate surface area is 163 Å². The van der Waals surface area contributed by atoms with Gasteiger partial charge in [0.1, 0.15) is 11.6 Å². The van der Waals surface area contributed by atoms with Crippen molar-refractivity contribution in [2.24, 2.45) is 0 Å². The fraction of sp³-hybridized carbons (Fsp3) is 0.263. The van der Waals surface area contributed by atoms with Crippen molar-refractivity contribution in [3.05, 3.63) is 62.5 Å². The highest BCUT2D eigenvalue weighted by Gasteiger charge is 2.30. The first-order valence-electron chi connectivity index (χ1n) is 8.03. The van der Waals surface area contributed by atoms with Gasteiger partial charge in [0.05, 0.1) is 11.1 Å². The standard InChI is InChI=1S/C19H17F3IN3/c1-10-7-15(23)9-16-17(10)25-12(3)26-18(16)24-11(2)13-5-4-6-14(8-13)19(20,21)22/h4-9,11H,1-3H3,(H,24,25,26)/t11-/m1/s1. The largest absolute Gasteiger partial charge is 0.416 e. The fourth-order valence-corrected chi connectivity index (χ4v) is 3.63. The third-order valence-electron chi connectivity index (χ3n) is 4.13. The van der Waals surface area contributed by atoms with E-state index in [9.17, 15) is 13.2 Å². The number of aromatic nitrogens is 2. The van der Waals surface area contributed by atoms with Crippen LogP contribution < -0.4 is 5.32 Å². The lowest BCUT2D eigenvalue weighted by molar-refractivity contribution is -0.137. The Morgan fingerprint density at radius 1 is 1.08 bits per heavy atom. The van der Waals surface area contributed by atoms with Crippen LogP contribution in [-0.2, 0) is 6.18 Å². The summed E-state index contributed by atoms with van der Waals surface area (Å²) in [5.74, 6) is 1.24. The van der Waals surface area contributed by atoms with Gasteiger partial charge in [-0.15, -0.1) is 0 Å². The van der Waals surface area contributed by atoms with E-state index in [1.807, 2.05) is 26.0 Å². The van der Waals surface area contributed by atoms with E-state index in [0.717, 1.165) is 26.1 Å². The Morgan fingerprint density at radius 3 is 2.50 bits per heavy atom. The summed E-state index contributed by atoms with van der Waals surface area (Å²) in [4.78, 5) is 8.97. The van der Waals surface area contributed by atoms with E-state index in [-0.39, 0.29) is 6.04 Å². The molecule has 3 rings (SSSR count). The smallest absolute Gasteiger partial charge is 0.363 e. The minimum atomic E-state index is -4.36. The summed E-state index contributed by atoms with van der Waals surface area (Å²) in [7, 11) is 0. The SMILES string of the molecule is Cc1nc(N[C@H](C)c2cccc(C(F)(F)F)c2)c2cc(I)cc(C)c2n1. The Bertz CT molecular complexity index is 970. The quantitative estimate of drug-likeness (QED) is 0.474. The number of nitrogens with zero attached hydrogens (tertiary/aromatic N) is 2. The molecule has 1 aromatic heterocycles. The van der Waals surface area contributed by atoms with Gasteiger partial charge in [-0.1, -0.05) is 12.1 Å². The molecule has 0 fully saturated rings. The lowest BCUT2D eigenvalue weighted by atomic mass is 10.0. The number of hydrogen-bond acceptors (Lipinski definition) is 3. The van der Waals surface area contributed by atoms with Crippen LogP contribution >= 0.6 is 22.6 Å². The summed E-state index contributed by atoms with van der Waals surface area (Å²) in [5, 5.41) is 4.11. The second-order valence-corrected chi connectivity index (χ2v) is 7.47. The molecule has 0 saturated heterocycles. The zero-order chi connectivity index (χ0) is 19.1. The number of anilines is 1. The van der Waals surface area contributed by atoms with Gasteiger partial charge in [-0.25, -0.2) is 9.97 Å². The molecular weight excluding hydrogens is 454 g/mol. The molecule has 3 nitrogen and oxygen atoms in total. The second-order valence-electron chi connectivity index (χ2n) is 6.23. The van der Waals surface area contributed by atoms with Crippen molar-refractivity contribution in [2.45, 2.75) is 33.0 Å². The summed E-state index contributed by atoms with van der Waals surface area (Å²) < 4.78 is 39.9. The second kappa shape index (κ2) is 7.02. The van der Waals surface area contributed by atoms with E-state index < -0.39 is 11.7 Å². The lowest BCUT2D eigenvalue weighted by Crippen LogP contribution is -2.12. The van der Waals surface area contributed by atoms with Gasteiger partial charge in [0.2, 0.25) is 0 Å². The molecule has 136 valence electrons. The number of benzene rings is 2. The van der Waals surface area contributed by atoms with Crippen LogP contribution in [0.5, 0.6) is 0 Å². The van der Waals surface area contributed by atoms with E-state index in [1.54, 1.807) is 13.0 Å². The van der Waals surface area contributed by atoms with Crippen molar-refractivity contribution in [3.63, 3.8) is 0 Å². The molecule has 0 amide bonds. The number of aryl methyl sites for hydroxylation is 2. The fourth-order valence-electron chi connectivity index (χ4n) is 2.86. The van der Waals surface area contributed by atoms with E-state index in [0.29, 0.717) is 17.2 Å².